The lowest BCUT2D eigenvalue weighted by Crippen LogP contribution is -2.06. The molecule has 0 aliphatic rings. The summed E-state index contributed by atoms with van der Waals surface area (Å²) in [6, 6.07) is 13.6. The molecule has 1 heterocycles. The number of ketones is 1. The standard InChI is InChI=1S/C19H17N5O4/c1-12(25)13-5-3-6-14(9-13)22-18-17(24(26)27)19(21-11-20-18)23-15-7-4-8-16(10-15)28-2/h3-11H,1-2H3,(H2,20,21,22,23). The van der Waals surface area contributed by atoms with E-state index in [0.29, 0.717) is 22.7 Å². The molecule has 0 fully saturated rings. The summed E-state index contributed by atoms with van der Waals surface area (Å²) in [5, 5.41) is 17.5. The van der Waals surface area contributed by atoms with Crippen molar-refractivity contribution in [2.24, 2.45) is 0 Å². The van der Waals surface area contributed by atoms with Crippen LogP contribution in [0.2, 0.25) is 0 Å². The van der Waals surface area contributed by atoms with Crippen molar-refractivity contribution in [3.63, 3.8) is 0 Å². The van der Waals surface area contributed by atoms with E-state index in [2.05, 4.69) is 20.6 Å². The van der Waals surface area contributed by atoms with Gasteiger partial charge in [-0.15, -0.1) is 0 Å². The minimum Gasteiger partial charge on any atom is -0.497 e. The highest BCUT2D eigenvalue weighted by Crippen LogP contribution is 2.33. The molecule has 0 spiro atoms. The number of methoxy groups -OCH3 is 1. The fraction of sp³-hybridized carbons (Fsp3) is 0.105. The number of nitrogens with zero attached hydrogens (tertiary/aromatic N) is 3. The van der Waals surface area contributed by atoms with Gasteiger partial charge in [-0.2, -0.15) is 0 Å². The maximum absolute atomic E-state index is 11.7. The van der Waals surface area contributed by atoms with Gasteiger partial charge in [0.1, 0.15) is 12.1 Å². The highest BCUT2D eigenvalue weighted by molar-refractivity contribution is 5.95. The van der Waals surface area contributed by atoms with Gasteiger partial charge in [0.2, 0.25) is 11.6 Å². The highest BCUT2D eigenvalue weighted by Gasteiger charge is 2.23. The number of anilines is 4. The zero-order valence-electron chi connectivity index (χ0n) is 15.2. The first-order valence-corrected chi connectivity index (χ1v) is 8.26. The first kappa shape index (κ1) is 18.8. The minimum absolute atomic E-state index is 0.00565. The van der Waals surface area contributed by atoms with E-state index in [1.54, 1.807) is 48.5 Å². The Morgan fingerprint density at radius 1 is 1.04 bits per heavy atom. The van der Waals surface area contributed by atoms with Crippen molar-refractivity contribution in [1.29, 1.82) is 0 Å². The molecule has 2 aromatic carbocycles. The van der Waals surface area contributed by atoms with E-state index in [4.69, 9.17) is 4.74 Å². The van der Waals surface area contributed by atoms with E-state index < -0.39 is 4.92 Å². The Kier molecular flexibility index (Phi) is 5.45. The summed E-state index contributed by atoms with van der Waals surface area (Å²) >= 11 is 0. The summed E-state index contributed by atoms with van der Waals surface area (Å²) < 4.78 is 5.16. The maximum Gasteiger partial charge on any atom is 0.353 e. The quantitative estimate of drug-likeness (QED) is 0.358. The predicted molar refractivity (Wildman–Crippen MR) is 105 cm³/mol. The van der Waals surface area contributed by atoms with Crippen molar-refractivity contribution < 1.29 is 14.5 Å². The molecule has 0 atom stereocenters. The van der Waals surface area contributed by atoms with Crippen molar-refractivity contribution in [2.45, 2.75) is 6.92 Å². The van der Waals surface area contributed by atoms with E-state index in [0.717, 1.165) is 0 Å². The second-order valence-electron chi connectivity index (χ2n) is 5.80. The van der Waals surface area contributed by atoms with Crippen LogP contribution in [0.3, 0.4) is 0 Å². The average Bonchev–Trinajstić information content (AvgIpc) is 2.68. The number of rotatable bonds is 7. The van der Waals surface area contributed by atoms with Gasteiger partial charge in [0, 0.05) is 23.0 Å². The molecule has 9 heteroatoms. The number of hydrogen-bond donors (Lipinski definition) is 2. The third-order valence-corrected chi connectivity index (χ3v) is 3.87. The molecule has 0 amide bonds. The zero-order chi connectivity index (χ0) is 20.1. The monoisotopic (exact) mass is 379 g/mol. The van der Waals surface area contributed by atoms with Crippen LogP contribution in [-0.4, -0.2) is 27.8 Å². The van der Waals surface area contributed by atoms with Crippen molar-refractivity contribution in [3.8, 4) is 5.75 Å². The minimum atomic E-state index is -0.570. The third-order valence-electron chi connectivity index (χ3n) is 3.87. The molecule has 0 saturated heterocycles. The Bertz CT molecular complexity index is 1040. The van der Waals surface area contributed by atoms with Crippen LogP contribution < -0.4 is 15.4 Å². The molecular weight excluding hydrogens is 362 g/mol. The van der Waals surface area contributed by atoms with E-state index in [1.807, 2.05) is 0 Å². The fourth-order valence-electron chi connectivity index (χ4n) is 2.52. The largest absolute Gasteiger partial charge is 0.497 e. The lowest BCUT2D eigenvalue weighted by atomic mass is 10.1. The third kappa shape index (κ3) is 4.21. The van der Waals surface area contributed by atoms with Crippen molar-refractivity contribution >= 4 is 34.5 Å². The summed E-state index contributed by atoms with van der Waals surface area (Å²) in [4.78, 5) is 30.7. The van der Waals surface area contributed by atoms with Gasteiger partial charge in [-0.05, 0) is 31.2 Å². The number of carbonyl (C=O) groups excluding carboxylic acids is 1. The number of aromatic nitrogens is 2. The van der Waals surface area contributed by atoms with Crippen LogP contribution in [0, 0.1) is 10.1 Å². The molecule has 3 rings (SSSR count). The smallest absolute Gasteiger partial charge is 0.353 e. The van der Waals surface area contributed by atoms with Crippen LogP contribution in [0.25, 0.3) is 0 Å². The Morgan fingerprint density at radius 2 is 1.64 bits per heavy atom. The average molecular weight is 379 g/mol. The number of ether oxygens (including phenoxy) is 1. The number of nitro groups is 1. The van der Waals surface area contributed by atoms with Gasteiger partial charge in [-0.3, -0.25) is 14.9 Å². The van der Waals surface area contributed by atoms with Crippen molar-refractivity contribution in [2.75, 3.05) is 17.7 Å². The summed E-state index contributed by atoms with van der Waals surface area (Å²) in [6.07, 6.45) is 1.21. The second-order valence-corrected chi connectivity index (χ2v) is 5.80. The summed E-state index contributed by atoms with van der Waals surface area (Å²) in [6.45, 7) is 1.45. The molecule has 142 valence electrons. The van der Waals surface area contributed by atoms with E-state index in [-0.39, 0.29) is 23.1 Å². The SMILES string of the molecule is COc1cccc(Nc2ncnc(Nc3cccc(C(C)=O)c3)c2[N+](=O)[O-])c1. The number of hydrogen-bond acceptors (Lipinski definition) is 8. The number of Topliss-reactive ketones (excluding diaryl/α,β-unsaturated/α-hetero) is 1. The molecule has 0 aliphatic carbocycles. The number of nitrogens with one attached hydrogen (secondary N) is 2. The molecule has 9 nitrogen and oxygen atoms in total. The topological polar surface area (TPSA) is 119 Å². The highest BCUT2D eigenvalue weighted by atomic mass is 16.6. The van der Waals surface area contributed by atoms with Gasteiger partial charge in [-0.25, -0.2) is 9.97 Å². The summed E-state index contributed by atoms with van der Waals surface area (Å²) in [5.74, 6) is 0.520. The molecule has 0 saturated carbocycles. The molecule has 2 N–H and O–H groups in total. The lowest BCUT2D eigenvalue weighted by Gasteiger charge is -2.11. The van der Waals surface area contributed by atoms with E-state index in [1.165, 1.54) is 20.4 Å². The van der Waals surface area contributed by atoms with Crippen LogP contribution >= 0.6 is 0 Å². The molecule has 0 radical (unpaired) electrons. The molecule has 1 aromatic heterocycles. The maximum atomic E-state index is 11.7. The van der Waals surface area contributed by atoms with Gasteiger partial charge in [0.25, 0.3) is 0 Å². The molecule has 28 heavy (non-hydrogen) atoms. The number of carbonyl (C=O) groups is 1. The van der Waals surface area contributed by atoms with Gasteiger partial charge in [0.15, 0.2) is 5.78 Å². The van der Waals surface area contributed by atoms with Crippen LogP contribution in [-0.2, 0) is 0 Å². The fourth-order valence-corrected chi connectivity index (χ4v) is 2.52. The van der Waals surface area contributed by atoms with Gasteiger partial charge < -0.3 is 15.4 Å². The first-order valence-electron chi connectivity index (χ1n) is 8.26. The number of benzene rings is 2. The summed E-state index contributed by atoms with van der Waals surface area (Å²) in [5.41, 5.74) is 1.24. The van der Waals surface area contributed by atoms with E-state index >= 15 is 0 Å². The Labute approximate surface area is 160 Å². The van der Waals surface area contributed by atoms with Crippen LogP contribution in [0.1, 0.15) is 17.3 Å². The Balaban J connectivity index is 1.96. The first-order chi connectivity index (χ1) is 13.5. The van der Waals surface area contributed by atoms with Gasteiger partial charge >= 0.3 is 5.69 Å². The van der Waals surface area contributed by atoms with Crippen LogP contribution in [0.15, 0.2) is 54.9 Å². The molecule has 3 aromatic rings. The second kappa shape index (κ2) is 8.12. The van der Waals surface area contributed by atoms with Crippen molar-refractivity contribution in [3.05, 3.63) is 70.5 Å². The zero-order valence-corrected chi connectivity index (χ0v) is 15.2. The Hall–Kier alpha value is -4.01. The van der Waals surface area contributed by atoms with Crippen LogP contribution in [0.4, 0.5) is 28.7 Å². The molecule has 0 aliphatic heterocycles. The predicted octanol–water partition coefficient (Wildman–Crippen LogP) is 4.08. The normalized spacial score (nSPS) is 10.2. The Morgan fingerprint density at radius 3 is 2.21 bits per heavy atom. The molecule has 0 bridgehead atoms. The lowest BCUT2D eigenvalue weighted by molar-refractivity contribution is -0.383. The van der Waals surface area contributed by atoms with Crippen LogP contribution in [0.5, 0.6) is 5.75 Å². The van der Waals surface area contributed by atoms with Crippen molar-refractivity contribution in [1.82, 2.24) is 9.97 Å². The van der Waals surface area contributed by atoms with Gasteiger partial charge in [0.05, 0.1) is 12.0 Å². The van der Waals surface area contributed by atoms with E-state index in [9.17, 15) is 14.9 Å². The van der Waals surface area contributed by atoms with Gasteiger partial charge in [-0.1, -0.05) is 18.2 Å². The molecular formula is C19H17N5O4. The molecule has 0 unspecified atom stereocenters. The summed E-state index contributed by atoms with van der Waals surface area (Å²) in [7, 11) is 1.53.